The van der Waals surface area contributed by atoms with Crippen molar-refractivity contribution in [2.75, 3.05) is 11.1 Å². The topological polar surface area (TPSA) is 49.3 Å². The zero-order valence-corrected chi connectivity index (χ0v) is 13.9. The smallest absolute Gasteiger partial charge is 0.234 e. The number of nitrogens with one attached hydrogen (secondary N) is 1. The highest BCUT2D eigenvalue weighted by molar-refractivity contribution is 9.10. The summed E-state index contributed by atoms with van der Waals surface area (Å²) < 4.78 is 0.861. The molecule has 0 heterocycles. The average molecular weight is 366 g/mol. The number of thioether (sulfide) groups is 1. The molecular weight excluding hydrogens is 350 g/mol. The van der Waals surface area contributed by atoms with Crippen LogP contribution in [0.15, 0.2) is 57.9 Å². The van der Waals surface area contributed by atoms with E-state index in [4.69, 9.17) is 0 Å². The van der Waals surface area contributed by atoms with Gasteiger partial charge in [-0.15, -0.1) is 11.8 Å². The summed E-state index contributed by atoms with van der Waals surface area (Å²) in [6.07, 6.45) is -0.500. The SMILES string of the molecule is CC(O)c1cccc(SCC(=O)Nc2ccccc2Br)c1. The van der Waals surface area contributed by atoms with E-state index in [0.29, 0.717) is 5.75 Å². The van der Waals surface area contributed by atoms with Crippen molar-refractivity contribution in [1.82, 2.24) is 0 Å². The van der Waals surface area contributed by atoms with E-state index < -0.39 is 6.10 Å². The van der Waals surface area contributed by atoms with Gasteiger partial charge in [-0.05, 0) is 52.7 Å². The van der Waals surface area contributed by atoms with Gasteiger partial charge in [0, 0.05) is 9.37 Å². The first kappa shape index (κ1) is 16.1. The average Bonchev–Trinajstić information content (AvgIpc) is 2.48. The quantitative estimate of drug-likeness (QED) is 0.779. The third kappa shape index (κ3) is 4.88. The highest BCUT2D eigenvalue weighted by Crippen LogP contribution is 2.24. The van der Waals surface area contributed by atoms with Gasteiger partial charge in [0.05, 0.1) is 17.5 Å². The number of aliphatic hydroxyl groups is 1. The predicted molar refractivity (Wildman–Crippen MR) is 90.6 cm³/mol. The van der Waals surface area contributed by atoms with E-state index in [9.17, 15) is 9.90 Å². The predicted octanol–water partition coefficient (Wildman–Crippen LogP) is 4.23. The molecule has 2 aromatic carbocycles. The number of para-hydroxylation sites is 1. The summed E-state index contributed by atoms with van der Waals surface area (Å²) in [5.74, 6) is 0.263. The second-order valence-corrected chi connectivity index (χ2v) is 6.47. The molecule has 0 aromatic heterocycles. The van der Waals surface area contributed by atoms with E-state index in [1.165, 1.54) is 11.8 Å². The number of aliphatic hydroxyl groups excluding tert-OH is 1. The zero-order valence-electron chi connectivity index (χ0n) is 11.5. The third-order valence-corrected chi connectivity index (χ3v) is 4.54. The summed E-state index contributed by atoms with van der Waals surface area (Å²) in [6, 6.07) is 15.1. The number of amides is 1. The fourth-order valence-electron chi connectivity index (χ4n) is 1.76. The molecule has 0 aliphatic heterocycles. The van der Waals surface area contributed by atoms with Crippen LogP contribution in [0.1, 0.15) is 18.6 Å². The lowest BCUT2D eigenvalue weighted by Gasteiger charge is -2.09. The second-order valence-electron chi connectivity index (χ2n) is 4.57. The van der Waals surface area contributed by atoms with Gasteiger partial charge in [0.1, 0.15) is 0 Å². The van der Waals surface area contributed by atoms with Crippen LogP contribution in [0.5, 0.6) is 0 Å². The highest BCUT2D eigenvalue weighted by Gasteiger charge is 2.07. The number of anilines is 1. The van der Waals surface area contributed by atoms with Crippen molar-refractivity contribution >= 4 is 39.3 Å². The molecule has 0 saturated carbocycles. The van der Waals surface area contributed by atoms with Gasteiger partial charge < -0.3 is 10.4 Å². The number of rotatable bonds is 5. The molecule has 0 aliphatic carbocycles. The lowest BCUT2D eigenvalue weighted by atomic mass is 10.1. The van der Waals surface area contributed by atoms with Crippen molar-refractivity contribution in [2.24, 2.45) is 0 Å². The Labute approximate surface area is 136 Å². The van der Waals surface area contributed by atoms with E-state index in [1.807, 2.05) is 48.5 Å². The Morgan fingerprint density at radius 2 is 2.05 bits per heavy atom. The molecule has 110 valence electrons. The van der Waals surface area contributed by atoms with E-state index in [2.05, 4.69) is 21.2 Å². The Balaban J connectivity index is 1.92. The Hall–Kier alpha value is -1.30. The fraction of sp³-hybridized carbons (Fsp3) is 0.188. The molecule has 0 saturated heterocycles. The van der Waals surface area contributed by atoms with Crippen molar-refractivity contribution < 1.29 is 9.90 Å². The molecule has 2 aromatic rings. The number of hydrogen-bond acceptors (Lipinski definition) is 3. The minimum absolute atomic E-state index is 0.0608. The minimum Gasteiger partial charge on any atom is -0.389 e. The van der Waals surface area contributed by atoms with Gasteiger partial charge in [0.15, 0.2) is 0 Å². The monoisotopic (exact) mass is 365 g/mol. The molecule has 5 heteroatoms. The molecule has 0 bridgehead atoms. The molecule has 3 nitrogen and oxygen atoms in total. The summed E-state index contributed by atoms with van der Waals surface area (Å²) in [7, 11) is 0. The van der Waals surface area contributed by atoms with E-state index in [0.717, 1.165) is 20.6 Å². The molecular formula is C16H16BrNO2S. The Morgan fingerprint density at radius 1 is 1.29 bits per heavy atom. The summed E-state index contributed by atoms with van der Waals surface area (Å²) >= 11 is 4.84. The highest BCUT2D eigenvalue weighted by atomic mass is 79.9. The second kappa shape index (κ2) is 7.64. The third-order valence-electron chi connectivity index (χ3n) is 2.86. The van der Waals surface area contributed by atoms with Crippen LogP contribution in [0.25, 0.3) is 0 Å². The van der Waals surface area contributed by atoms with Crippen LogP contribution >= 0.6 is 27.7 Å². The first-order chi connectivity index (χ1) is 10.1. The maximum absolute atomic E-state index is 12.0. The number of halogens is 1. The standard InChI is InChI=1S/C16H16BrNO2S/c1-11(19)12-5-4-6-13(9-12)21-10-16(20)18-15-8-3-2-7-14(15)17/h2-9,11,19H,10H2,1H3,(H,18,20). The minimum atomic E-state index is -0.500. The molecule has 0 spiro atoms. The van der Waals surface area contributed by atoms with Crippen molar-refractivity contribution in [3.05, 3.63) is 58.6 Å². The van der Waals surface area contributed by atoms with Crippen LogP contribution in [-0.2, 0) is 4.79 Å². The Bertz CT molecular complexity index is 631. The van der Waals surface area contributed by atoms with E-state index >= 15 is 0 Å². The summed E-state index contributed by atoms with van der Waals surface area (Å²) in [5.41, 5.74) is 1.62. The van der Waals surface area contributed by atoms with E-state index in [-0.39, 0.29) is 5.91 Å². The number of hydrogen-bond donors (Lipinski definition) is 2. The van der Waals surface area contributed by atoms with Crippen LogP contribution in [-0.4, -0.2) is 16.8 Å². The first-order valence-electron chi connectivity index (χ1n) is 6.51. The summed E-state index contributed by atoms with van der Waals surface area (Å²) in [4.78, 5) is 12.9. The maximum atomic E-state index is 12.0. The van der Waals surface area contributed by atoms with Crippen LogP contribution in [0, 0.1) is 0 Å². The van der Waals surface area contributed by atoms with Gasteiger partial charge >= 0.3 is 0 Å². The number of carbonyl (C=O) groups excluding carboxylic acids is 1. The van der Waals surface area contributed by atoms with Gasteiger partial charge in [0.2, 0.25) is 5.91 Å². The summed E-state index contributed by atoms with van der Waals surface area (Å²) in [5, 5.41) is 12.4. The Morgan fingerprint density at radius 3 is 2.76 bits per heavy atom. The van der Waals surface area contributed by atoms with E-state index in [1.54, 1.807) is 6.92 Å². The molecule has 2 N–H and O–H groups in total. The van der Waals surface area contributed by atoms with Gasteiger partial charge in [-0.25, -0.2) is 0 Å². The largest absolute Gasteiger partial charge is 0.389 e. The van der Waals surface area contributed by atoms with Crippen molar-refractivity contribution in [3.63, 3.8) is 0 Å². The fourth-order valence-corrected chi connectivity index (χ4v) is 2.91. The van der Waals surface area contributed by atoms with Crippen molar-refractivity contribution in [1.29, 1.82) is 0 Å². The molecule has 0 fully saturated rings. The van der Waals surface area contributed by atoms with Gasteiger partial charge in [-0.3, -0.25) is 4.79 Å². The Kier molecular flexibility index (Phi) is 5.85. The van der Waals surface area contributed by atoms with Crippen LogP contribution in [0.2, 0.25) is 0 Å². The molecule has 0 radical (unpaired) electrons. The van der Waals surface area contributed by atoms with Crippen LogP contribution < -0.4 is 5.32 Å². The summed E-state index contributed by atoms with van der Waals surface area (Å²) in [6.45, 7) is 1.73. The first-order valence-corrected chi connectivity index (χ1v) is 8.29. The van der Waals surface area contributed by atoms with Crippen molar-refractivity contribution in [2.45, 2.75) is 17.9 Å². The normalized spacial score (nSPS) is 12.0. The van der Waals surface area contributed by atoms with Crippen LogP contribution in [0.4, 0.5) is 5.69 Å². The molecule has 21 heavy (non-hydrogen) atoms. The number of carbonyl (C=O) groups is 1. The number of benzene rings is 2. The molecule has 1 atom stereocenters. The lowest BCUT2D eigenvalue weighted by Crippen LogP contribution is -2.14. The lowest BCUT2D eigenvalue weighted by molar-refractivity contribution is -0.113. The molecule has 2 rings (SSSR count). The molecule has 0 aliphatic rings. The van der Waals surface area contributed by atoms with Crippen molar-refractivity contribution in [3.8, 4) is 0 Å². The van der Waals surface area contributed by atoms with Gasteiger partial charge in [0.25, 0.3) is 0 Å². The maximum Gasteiger partial charge on any atom is 0.234 e. The van der Waals surface area contributed by atoms with Gasteiger partial charge in [-0.1, -0.05) is 24.3 Å². The molecule has 1 unspecified atom stereocenters. The molecule has 1 amide bonds. The zero-order chi connectivity index (χ0) is 15.2. The van der Waals surface area contributed by atoms with Crippen LogP contribution in [0.3, 0.4) is 0 Å². The van der Waals surface area contributed by atoms with Gasteiger partial charge in [-0.2, -0.15) is 0 Å².